The van der Waals surface area contributed by atoms with Gasteiger partial charge in [-0.2, -0.15) is 0 Å². The van der Waals surface area contributed by atoms with E-state index in [1.165, 1.54) is 56.9 Å². The minimum absolute atomic E-state index is 0.280. The van der Waals surface area contributed by atoms with Crippen LogP contribution in [0.3, 0.4) is 0 Å². The molecule has 2 aliphatic rings. The van der Waals surface area contributed by atoms with Gasteiger partial charge in [0.05, 0.1) is 10.9 Å². The fourth-order valence-electron chi connectivity index (χ4n) is 4.96. The molecule has 29 heavy (non-hydrogen) atoms. The van der Waals surface area contributed by atoms with Gasteiger partial charge in [0.25, 0.3) is 0 Å². The number of hydrogen-bond donors (Lipinski definition) is 1. The van der Waals surface area contributed by atoms with E-state index < -0.39 is 0 Å². The second-order valence-electron chi connectivity index (χ2n) is 9.02. The highest BCUT2D eigenvalue weighted by atomic mass is 16.5. The van der Waals surface area contributed by atoms with E-state index in [1.807, 2.05) is 12.4 Å². The molecule has 1 unspecified atom stereocenters. The molecule has 2 aliphatic carbocycles. The number of pyridine rings is 1. The summed E-state index contributed by atoms with van der Waals surface area (Å²) in [6, 6.07) is 0.371. The first-order chi connectivity index (χ1) is 14.2. The summed E-state index contributed by atoms with van der Waals surface area (Å²) >= 11 is 0. The average Bonchev–Trinajstić information content (AvgIpc) is 2.75. The summed E-state index contributed by atoms with van der Waals surface area (Å²) in [6.45, 7) is 4.41. The maximum atomic E-state index is 6.36. The number of rotatable bonds is 7. The summed E-state index contributed by atoms with van der Waals surface area (Å²) in [6.07, 6.45) is 19.0. The first kappa shape index (κ1) is 20.4. The molecule has 5 nitrogen and oxygen atoms in total. The normalized spacial score (nSPS) is 19.9. The number of fused-ring (bicyclic) bond motifs is 1. The van der Waals surface area contributed by atoms with Gasteiger partial charge in [-0.3, -0.25) is 0 Å². The topological polar surface area (TPSA) is 59.9 Å². The summed E-state index contributed by atoms with van der Waals surface area (Å²) in [7, 11) is 0. The Labute approximate surface area is 175 Å². The molecule has 4 rings (SSSR count). The van der Waals surface area contributed by atoms with Crippen molar-refractivity contribution in [3.05, 3.63) is 18.0 Å². The quantitative estimate of drug-likeness (QED) is 0.588. The Balaban J connectivity index is 1.67. The van der Waals surface area contributed by atoms with Gasteiger partial charge in [0.15, 0.2) is 0 Å². The maximum absolute atomic E-state index is 6.36. The fourth-order valence-corrected chi connectivity index (χ4v) is 4.96. The van der Waals surface area contributed by atoms with Crippen molar-refractivity contribution in [1.29, 1.82) is 0 Å². The van der Waals surface area contributed by atoms with Crippen molar-refractivity contribution in [2.75, 3.05) is 5.32 Å². The minimum Gasteiger partial charge on any atom is -0.474 e. The van der Waals surface area contributed by atoms with Gasteiger partial charge in [-0.25, -0.2) is 15.0 Å². The van der Waals surface area contributed by atoms with E-state index in [0.29, 0.717) is 12.0 Å². The zero-order chi connectivity index (χ0) is 20.1. The van der Waals surface area contributed by atoms with Crippen molar-refractivity contribution in [1.82, 2.24) is 15.0 Å². The Morgan fingerprint density at radius 3 is 2.45 bits per heavy atom. The van der Waals surface area contributed by atoms with Crippen molar-refractivity contribution in [3.8, 4) is 5.88 Å². The molecule has 0 radical (unpaired) electrons. The number of hydrogen-bond acceptors (Lipinski definition) is 5. The van der Waals surface area contributed by atoms with Crippen molar-refractivity contribution >= 4 is 16.9 Å². The Bertz CT molecular complexity index is 797. The van der Waals surface area contributed by atoms with Gasteiger partial charge in [0.2, 0.25) is 11.8 Å². The maximum Gasteiger partial charge on any atom is 0.224 e. The number of nitrogens with one attached hydrogen (secondary N) is 1. The highest BCUT2D eigenvalue weighted by Gasteiger charge is 2.23. The third-order valence-electron chi connectivity index (χ3n) is 6.59. The summed E-state index contributed by atoms with van der Waals surface area (Å²) in [4.78, 5) is 14.4. The zero-order valence-electron chi connectivity index (χ0n) is 18.1. The summed E-state index contributed by atoms with van der Waals surface area (Å²) < 4.78 is 6.36. The standard InChI is InChI=1S/C24H36N4O/c1-3-10-17(2)27-24-26-16-21-22(28-24)20(18-11-6-4-7-12-18)15-25-23(21)29-19-13-8-5-9-14-19/h15-19H,3-14H2,1-2H3,(H,26,27,28). The van der Waals surface area contributed by atoms with E-state index in [-0.39, 0.29) is 6.10 Å². The molecule has 2 heterocycles. The van der Waals surface area contributed by atoms with Crippen LogP contribution in [0.2, 0.25) is 0 Å². The summed E-state index contributed by atoms with van der Waals surface area (Å²) in [5, 5.41) is 4.46. The van der Waals surface area contributed by atoms with E-state index in [4.69, 9.17) is 14.7 Å². The largest absolute Gasteiger partial charge is 0.474 e. The number of anilines is 1. The molecule has 0 amide bonds. The van der Waals surface area contributed by atoms with Crippen LogP contribution in [0.25, 0.3) is 10.9 Å². The molecule has 0 saturated heterocycles. The Morgan fingerprint density at radius 1 is 1.00 bits per heavy atom. The molecule has 0 bridgehead atoms. The second-order valence-corrected chi connectivity index (χ2v) is 9.02. The molecule has 2 aromatic heterocycles. The number of aromatic nitrogens is 3. The molecular weight excluding hydrogens is 360 g/mol. The van der Waals surface area contributed by atoms with Gasteiger partial charge < -0.3 is 10.1 Å². The Hall–Kier alpha value is -1.91. The van der Waals surface area contributed by atoms with Crippen molar-refractivity contribution < 1.29 is 4.74 Å². The molecule has 5 heteroatoms. The van der Waals surface area contributed by atoms with Crippen LogP contribution in [0.15, 0.2) is 12.4 Å². The average molecular weight is 397 g/mol. The smallest absolute Gasteiger partial charge is 0.224 e. The van der Waals surface area contributed by atoms with Gasteiger partial charge in [-0.15, -0.1) is 0 Å². The van der Waals surface area contributed by atoms with Gasteiger partial charge in [0.1, 0.15) is 6.10 Å². The van der Waals surface area contributed by atoms with E-state index in [1.54, 1.807) is 0 Å². The van der Waals surface area contributed by atoms with Crippen LogP contribution in [0, 0.1) is 0 Å². The third kappa shape index (κ3) is 4.99. The lowest BCUT2D eigenvalue weighted by molar-refractivity contribution is 0.151. The molecule has 1 N–H and O–H groups in total. The summed E-state index contributed by atoms with van der Waals surface area (Å²) in [5.74, 6) is 2.00. The molecule has 0 spiro atoms. The highest BCUT2D eigenvalue weighted by Crippen LogP contribution is 2.38. The molecule has 2 fully saturated rings. The minimum atomic E-state index is 0.280. The SMILES string of the molecule is CCCC(C)Nc1ncc2c(OC3CCCCC3)ncc(C3CCCCC3)c2n1. The van der Waals surface area contributed by atoms with Crippen LogP contribution >= 0.6 is 0 Å². The van der Waals surface area contributed by atoms with Crippen LogP contribution in [0.1, 0.15) is 102 Å². The van der Waals surface area contributed by atoms with Crippen LogP contribution in [0.5, 0.6) is 5.88 Å². The van der Waals surface area contributed by atoms with E-state index >= 15 is 0 Å². The van der Waals surface area contributed by atoms with Crippen LogP contribution in [0.4, 0.5) is 5.95 Å². The summed E-state index contributed by atoms with van der Waals surface area (Å²) in [5.41, 5.74) is 2.32. The van der Waals surface area contributed by atoms with Crippen molar-refractivity contribution in [3.63, 3.8) is 0 Å². The first-order valence-electron chi connectivity index (χ1n) is 11.8. The van der Waals surface area contributed by atoms with Crippen LogP contribution in [-0.2, 0) is 0 Å². The molecule has 2 aromatic rings. The van der Waals surface area contributed by atoms with Gasteiger partial charge in [-0.05, 0) is 57.8 Å². The lowest BCUT2D eigenvalue weighted by atomic mass is 9.84. The lowest BCUT2D eigenvalue weighted by Gasteiger charge is -2.25. The molecule has 1 atom stereocenters. The Morgan fingerprint density at radius 2 is 1.72 bits per heavy atom. The highest BCUT2D eigenvalue weighted by molar-refractivity contribution is 5.86. The fraction of sp³-hybridized carbons (Fsp3) is 0.708. The van der Waals surface area contributed by atoms with Gasteiger partial charge >= 0.3 is 0 Å². The molecular formula is C24H36N4O. The van der Waals surface area contributed by atoms with Gasteiger partial charge in [-0.1, -0.05) is 39.0 Å². The second kappa shape index (κ2) is 9.73. The van der Waals surface area contributed by atoms with Crippen molar-refractivity contribution in [2.24, 2.45) is 0 Å². The molecule has 0 aromatic carbocycles. The predicted octanol–water partition coefficient (Wildman–Crippen LogP) is 6.38. The van der Waals surface area contributed by atoms with Gasteiger partial charge in [0, 0.05) is 24.0 Å². The van der Waals surface area contributed by atoms with E-state index in [0.717, 1.165) is 48.4 Å². The third-order valence-corrected chi connectivity index (χ3v) is 6.59. The Kier molecular flexibility index (Phi) is 6.83. The molecule has 0 aliphatic heterocycles. The zero-order valence-corrected chi connectivity index (χ0v) is 18.1. The van der Waals surface area contributed by atoms with Crippen molar-refractivity contribution in [2.45, 2.75) is 109 Å². The van der Waals surface area contributed by atoms with Crippen LogP contribution < -0.4 is 10.1 Å². The predicted molar refractivity (Wildman–Crippen MR) is 119 cm³/mol. The van der Waals surface area contributed by atoms with Crippen LogP contribution in [-0.4, -0.2) is 27.1 Å². The number of nitrogens with zero attached hydrogens (tertiary/aromatic N) is 3. The first-order valence-corrected chi connectivity index (χ1v) is 11.8. The van der Waals surface area contributed by atoms with E-state index in [2.05, 4.69) is 24.1 Å². The lowest BCUT2D eigenvalue weighted by Crippen LogP contribution is -2.21. The molecule has 2 saturated carbocycles. The number of ether oxygens (including phenoxy) is 1. The monoisotopic (exact) mass is 396 g/mol. The van der Waals surface area contributed by atoms with E-state index in [9.17, 15) is 0 Å². The molecule has 158 valence electrons.